The van der Waals surface area contributed by atoms with E-state index in [1.165, 1.54) is 6.33 Å². The van der Waals surface area contributed by atoms with Crippen LogP contribution >= 0.6 is 0 Å². The van der Waals surface area contributed by atoms with Crippen LogP contribution in [0.15, 0.2) is 36.7 Å². The number of nitro groups is 1. The summed E-state index contributed by atoms with van der Waals surface area (Å²) in [6.07, 6.45) is 4.04. The Labute approximate surface area is 135 Å². The van der Waals surface area contributed by atoms with Crippen molar-refractivity contribution < 1.29 is 4.92 Å². The molecular formula is C16H21N5O2. The van der Waals surface area contributed by atoms with Crippen molar-refractivity contribution in [2.75, 3.05) is 23.7 Å². The molecule has 1 aromatic heterocycles. The maximum Gasteiger partial charge on any atom is 0.353 e. The van der Waals surface area contributed by atoms with Crippen LogP contribution in [0.3, 0.4) is 0 Å². The van der Waals surface area contributed by atoms with Gasteiger partial charge < -0.3 is 10.6 Å². The van der Waals surface area contributed by atoms with E-state index in [0.29, 0.717) is 13.1 Å². The van der Waals surface area contributed by atoms with Gasteiger partial charge in [-0.3, -0.25) is 10.1 Å². The number of nitrogens with one attached hydrogen (secondary N) is 2. The van der Waals surface area contributed by atoms with Crippen molar-refractivity contribution in [2.24, 2.45) is 0 Å². The summed E-state index contributed by atoms with van der Waals surface area (Å²) in [5, 5.41) is 17.4. The number of hydrogen-bond donors (Lipinski definition) is 2. The summed E-state index contributed by atoms with van der Waals surface area (Å²) >= 11 is 0. The monoisotopic (exact) mass is 315 g/mol. The molecule has 2 aromatic rings. The van der Waals surface area contributed by atoms with E-state index in [1.54, 1.807) is 0 Å². The van der Waals surface area contributed by atoms with Crippen molar-refractivity contribution in [1.29, 1.82) is 0 Å². The van der Waals surface area contributed by atoms with Crippen LogP contribution in [0.2, 0.25) is 0 Å². The second-order valence-electron chi connectivity index (χ2n) is 5.12. The van der Waals surface area contributed by atoms with E-state index in [0.717, 1.165) is 24.8 Å². The maximum atomic E-state index is 11.4. The van der Waals surface area contributed by atoms with Gasteiger partial charge in [0.25, 0.3) is 0 Å². The minimum Gasteiger partial charge on any atom is -0.364 e. The first-order valence-corrected chi connectivity index (χ1v) is 7.73. The highest BCUT2D eigenvalue weighted by atomic mass is 16.6. The Hall–Kier alpha value is -2.70. The normalized spacial score (nSPS) is 10.3. The molecule has 0 spiro atoms. The van der Waals surface area contributed by atoms with Gasteiger partial charge in [-0.1, -0.05) is 43.7 Å². The van der Waals surface area contributed by atoms with Gasteiger partial charge in [0.15, 0.2) is 0 Å². The number of anilines is 2. The summed E-state index contributed by atoms with van der Waals surface area (Å²) in [7, 11) is 0. The Bertz CT molecular complexity index is 634. The lowest BCUT2D eigenvalue weighted by atomic mass is 10.1. The molecule has 0 radical (unpaired) electrons. The van der Waals surface area contributed by atoms with Gasteiger partial charge in [0.1, 0.15) is 6.33 Å². The predicted octanol–water partition coefficient (Wildman–Crippen LogP) is 3.25. The molecule has 0 saturated heterocycles. The fraction of sp³-hybridized carbons (Fsp3) is 0.375. The highest BCUT2D eigenvalue weighted by Crippen LogP contribution is 2.28. The van der Waals surface area contributed by atoms with E-state index >= 15 is 0 Å². The zero-order valence-corrected chi connectivity index (χ0v) is 13.2. The number of nitrogens with zero attached hydrogens (tertiary/aromatic N) is 3. The Morgan fingerprint density at radius 1 is 1.09 bits per heavy atom. The van der Waals surface area contributed by atoms with Crippen molar-refractivity contribution in [3.8, 4) is 0 Å². The molecule has 0 atom stereocenters. The second kappa shape index (κ2) is 8.67. The molecule has 0 saturated carbocycles. The van der Waals surface area contributed by atoms with E-state index < -0.39 is 4.92 Å². The number of hydrogen-bond acceptors (Lipinski definition) is 6. The number of benzene rings is 1. The van der Waals surface area contributed by atoms with E-state index in [2.05, 4.69) is 27.5 Å². The minimum absolute atomic E-state index is 0.100. The van der Waals surface area contributed by atoms with Crippen molar-refractivity contribution >= 4 is 17.3 Å². The van der Waals surface area contributed by atoms with Crippen LogP contribution in [0, 0.1) is 10.1 Å². The van der Waals surface area contributed by atoms with Crippen LogP contribution in [0.5, 0.6) is 0 Å². The van der Waals surface area contributed by atoms with Crippen molar-refractivity contribution in [3.63, 3.8) is 0 Å². The van der Waals surface area contributed by atoms with Crippen LogP contribution in [0.1, 0.15) is 25.3 Å². The fourth-order valence-corrected chi connectivity index (χ4v) is 2.16. The average molecular weight is 315 g/mol. The van der Waals surface area contributed by atoms with Crippen molar-refractivity contribution in [2.45, 2.75) is 26.2 Å². The van der Waals surface area contributed by atoms with Gasteiger partial charge >= 0.3 is 5.69 Å². The molecule has 2 rings (SSSR count). The smallest absolute Gasteiger partial charge is 0.353 e. The Balaban J connectivity index is 2.05. The molecule has 0 amide bonds. The second-order valence-corrected chi connectivity index (χ2v) is 5.12. The molecule has 0 bridgehead atoms. The molecule has 23 heavy (non-hydrogen) atoms. The van der Waals surface area contributed by atoms with Crippen LogP contribution in [0.25, 0.3) is 0 Å². The van der Waals surface area contributed by atoms with Gasteiger partial charge in [0.2, 0.25) is 11.6 Å². The van der Waals surface area contributed by atoms with Gasteiger partial charge in [-0.15, -0.1) is 0 Å². The highest BCUT2D eigenvalue weighted by Gasteiger charge is 2.22. The van der Waals surface area contributed by atoms with Crippen LogP contribution < -0.4 is 10.6 Å². The zero-order chi connectivity index (χ0) is 16.5. The van der Waals surface area contributed by atoms with Crippen molar-refractivity contribution in [1.82, 2.24) is 9.97 Å². The third-order valence-electron chi connectivity index (χ3n) is 3.38. The van der Waals surface area contributed by atoms with Gasteiger partial charge in [0.05, 0.1) is 4.92 Å². The van der Waals surface area contributed by atoms with Crippen LogP contribution in [-0.4, -0.2) is 28.0 Å². The number of rotatable bonds is 9. The molecular weight excluding hydrogens is 294 g/mol. The molecule has 2 N–H and O–H groups in total. The summed E-state index contributed by atoms with van der Waals surface area (Å²) in [4.78, 5) is 18.9. The maximum absolute atomic E-state index is 11.4. The Morgan fingerprint density at radius 3 is 2.35 bits per heavy atom. The van der Waals surface area contributed by atoms with Crippen LogP contribution in [-0.2, 0) is 6.42 Å². The molecule has 0 aliphatic heterocycles. The largest absolute Gasteiger partial charge is 0.364 e. The first kappa shape index (κ1) is 16.7. The van der Waals surface area contributed by atoms with E-state index in [4.69, 9.17) is 0 Å². The van der Waals surface area contributed by atoms with E-state index in [1.807, 2.05) is 30.3 Å². The molecule has 7 nitrogen and oxygen atoms in total. The average Bonchev–Trinajstić information content (AvgIpc) is 2.56. The lowest BCUT2D eigenvalue weighted by Gasteiger charge is -2.09. The molecule has 0 aliphatic rings. The molecule has 1 heterocycles. The third-order valence-corrected chi connectivity index (χ3v) is 3.38. The summed E-state index contributed by atoms with van der Waals surface area (Å²) in [6, 6.07) is 9.94. The number of unbranched alkanes of at least 4 members (excludes halogenated alkanes) is 1. The minimum atomic E-state index is -0.445. The first-order valence-electron chi connectivity index (χ1n) is 7.73. The quantitative estimate of drug-likeness (QED) is 0.419. The van der Waals surface area contributed by atoms with Gasteiger partial charge in [0, 0.05) is 13.1 Å². The molecule has 0 fully saturated rings. The summed E-state index contributed by atoms with van der Waals surface area (Å²) in [5.41, 5.74) is 1.06. The zero-order valence-electron chi connectivity index (χ0n) is 13.2. The van der Waals surface area contributed by atoms with E-state index in [-0.39, 0.29) is 17.3 Å². The topological polar surface area (TPSA) is 93.0 Å². The van der Waals surface area contributed by atoms with Crippen LogP contribution in [0.4, 0.5) is 17.3 Å². The van der Waals surface area contributed by atoms with Crippen molar-refractivity contribution in [3.05, 3.63) is 52.3 Å². The number of aromatic nitrogens is 2. The van der Waals surface area contributed by atoms with E-state index in [9.17, 15) is 10.1 Å². The first-order chi connectivity index (χ1) is 11.2. The molecule has 1 aromatic carbocycles. The van der Waals surface area contributed by atoms with Gasteiger partial charge in [-0.05, 0) is 18.4 Å². The van der Waals surface area contributed by atoms with Gasteiger partial charge in [-0.2, -0.15) is 0 Å². The lowest BCUT2D eigenvalue weighted by molar-refractivity contribution is -0.383. The lowest BCUT2D eigenvalue weighted by Crippen LogP contribution is -2.12. The Morgan fingerprint density at radius 2 is 1.74 bits per heavy atom. The third kappa shape index (κ3) is 4.91. The molecule has 7 heteroatoms. The molecule has 0 aliphatic carbocycles. The predicted molar refractivity (Wildman–Crippen MR) is 90.7 cm³/mol. The Kier molecular flexibility index (Phi) is 6.28. The van der Waals surface area contributed by atoms with Gasteiger partial charge in [-0.25, -0.2) is 9.97 Å². The SMILES string of the molecule is CCCCNc1ncnc(NCCc2ccccc2)c1[N+](=O)[O-]. The summed E-state index contributed by atoms with van der Waals surface area (Å²) in [5.74, 6) is 0.514. The fourth-order valence-electron chi connectivity index (χ4n) is 2.16. The summed E-state index contributed by atoms with van der Waals surface area (Å²) in [6.45, 7) is 3.28. The highest BCUT2D eigenvalue weighted by molar-refractivity contribution is 5.69. The standard InChI is InChI=1S/C16H21N5O2/c1-2-3-10-17-15-14(21(22)23)16(20-12-19-15)18-11-9-13-7-5-4-6-8-13/h4-8,12H,2-3,9-11H2,1H3,(H2,17,18,19,20). The molecule has 122 valence electrons. The molecule has 0 unspecified atom stereocenters. The summed E-state index contributed by atoms with van der Waals surface area (Å²) < 4.78 is 0.